The van der Waals surface area contributed by atoms with E-state index in [1.54, 1.807) is 0 Å². The summed E-state index contributed by atoms with van der Waals surface area (Å²) in [7, 11) is 0. The molecule has 0 bridgehead atoms. The third-order valence-corrected chi connectivity index (χ3v) is 1.63. The molecule has 1 aliphatic heterocycles. The van der Waals surface area contributed by atoms with Gasteiger partial charge in [-0.25, -0.2) is 0 Å². The highest BCUT2D eigenvalue weighted by molar-refractivity contribution is 5.05. The van der Waals surface area contributed by atoms with Crippen molar-refractivity contribution in [2.45, 2.75) is 30.7 Å². The Morgan fingerprint density at radius 1 is 1.00 bits per heavy atom. The molecule has 1 heterocycles. The smallest absolute Gasteiger partial charge is 0.177 e. The minimum atomic E-state index is -4.74. The normalized spacial score (nSPS) is 19.9. The summed E-state index contributed by atoms with van der Waals surface area (Å²) in [5.74, 6) is 0. The van der Waals surface area contributed by atoms with Crippen LogP contribution in [0, 0.1) is 6.08 Å². The average Bonchev–Trinajstić information content (AvgIpc) is 2.27. The maximum absolute atomic E-state index is 12.0. The van der Waals surface area contributed by atoms with Crippen LogP contribution >= 0.6 is 0 Å². The van der Waals surface area contributed by atoms with Crippen molar-refractivity contribution in [2.75, 3.05) is 0 Å². The lowest BCUT2D eigenvalue weighted by atomic mass is 9.92. The van der Waals surface area contributed by atoms with Crippen LogP contribution < -0.4 is 0 Å². The highest BCUT2D eigenvalue weighted by Gasteiger charge is 2.49. The van der Waals surface area contributed by atoms with Gasteiger partial charge in [0.2, 0.25) is 0 Å². The molecular formula is C7H5F6N2. The standard InChI is InChI=1S/C7H5F6N2/c8-6(9,10)3-5(1-2-14-15-5)4-7(11,12)13/h2H,3-4H2. The summed E-state index contributed by atoms with van der Waals surface area (Å²) in [5.41, 5.74) is -2.43. The minimum Gasteiger partial charge on any atom is -0.177 e. The number of hydrogen-bond donors (Lipinski definition) is 0. The third-order valence-electron chi connectivity index (χ3n) is 1.63. The fourth-order valence-corrected chi connectivity index (χ4v) is 1.22. The number of nitrogens with zero attached hydrogens (tertiary/aromatic N) is 2. The van der Waals surface area contributed by atoms with Crippen molar-refractivity contribution in [2.24, 2.45) is 10.2 Å². The van der Waals surface area contributed by atoms with Gasteiger partial charge in [0, 0.05) is 6.08 Å². The molecule has 1 aliphatic rings. The highest BCUT2D eigenvalue weighted by Crippen LogP contribution is 2.40. The quantitative estimate of drug-likeness (QED) is 0.650. The monoisotopic (exact) mass is 231 g/mol. The average molecular weight is 231 g/mol. The van der Waals surface area contributed by atoms with Gasteiger partial charge in [-0.2, -0.15) is 36.6 Å². The van der Waals surface area contributed by atoms with E-state index in [0.717, 1.165) is 6.20 Å². The lowest BCUT2D eigenvalue weighted by Gasteiger charge is -2.24. The molecule has 8 heteroatoms. The fourth-order valence-electron chi connectivity index (χ4n) is 1.22. The van der Waals surface area contributed by atoms with Crippen LogP contribution in [0.15, 0.2) is 16.4 Å². The van der Waals surface area contributed by atoms with E-state index in [-0.39, 0.29) is 0 Å². The summed E-state index contributed by atoms with van der Waals surface area (Å²) in [6, 6.07) is 0. The largest absolute Gasteiger partial charge is 0.391 e. The Morgan fingerprint density at radius 2 is 1.47 bits per heavy atom. The lowest BCUT2D eigenvalue weighted by molar-refractivity contribution is -0.172. The van der Waals surface area contributed by atoms with Crippen molar-refractivity contribution in [3.05, 3.63) is 12.3 Å². The van der Waals surface area contributed by atoms with Crippen LogP contribution in [-0.2, 0) is 0 Å². The molecule has 1 radical (unpaired) electrons. The minimum absolute atomic E-state index is 0.720. The first kappa shape index (κ1) is 12.0. The zero-order valence-corrected chi connectivity index (χ0v) is 7.15. The van der Waals surface area contributed by atoms with Crippen molar-refractivity contribution < 1.29 is 26.3 Å². The van der Waals surface area contributed by atoms with Crippen LogP contribution in [0.5, 0.6) is 0 Å². The van der Waals surface area contributed by atoms with E-state index < -0.39 is 30.7 Å². The van der Waals surface area contributed by atoms with Crippen LogP contribution in [0.2, 0.25) is 0 Å². The Morgan fingerprint density at radius 3 is 1.73 bits per heavy atom. The Bertz CT molecular complexity index is 257. The molecule has 0 atom stereocenters. The SMILES string of the molecule is FC(F)(F)CC1(CC(F)(F)F)[C]=CN=N1. The van der Waals surface area contributed by atoms with Crippen molar-refractivity contribution in [3.63, 3.8) is 0 Å². The molecule has 0 fully saturated rings. The van der Waals surface area contributed by atoms with Gasteiger partial charge in [-0.3, -0.25) is 0 Å². The molecular weight excluding hydrogens is 226 g/mol. The van der Waals surface area contributed by atoms with Gasteiger partial charge in [0.05, 0.1) is 19.0 Å². The second kappa shape index (κ2) is 3.49. The first-order chi connectivity index (χ1) is 6.62. The summed E-state index contributed by atoms with van der Waals surface area (Å²) in [4.78, 5) is 0. The van der Waals surface area contributed by atoms with Crippen LogP contribution in [0.25, 0.3) is 0 Å². The van der Waals surface area contributed by atoms with Crippen molar-refractivity contribution in [3.8, 4) is 0 Å². The molecule has 0 saturated carbocycles. The molecule has 0 amide bonds. The molecule has 15 heavy (non-hydrogen) atoms. The van der Waals surface area contributed by atoms with Gasteiger partial charge in [0.1, 0.15) is 5.54 Å². The number of halogens is 6. The van der Waals surface area contributed by atoms with Gasteiger partial charge in [-0.05, 0) is 0 Å². The zero-order chi connectivity index (χ0) is 11.7. The van der Waals surface area contributed by atoms with Gasteiger partial charge in [0.15, 0.2) is 0 Å². The molecule has 0 saturated heterocycles. The Labute approximate surface area is 80.7 Å². The van der Waals surface area contributed by atoms with Crippen molar-refractivity contribution in [1.82, 2.24) is 0 Å². The maximum Gasteiger partial charge on any atom is 0.391 e. The van der Waals surface area contributed by atoms with Gasteiger partial charge in [-0.1, -0.05) is 0 Å². The topological polar surface area (TPSA) is 24.7 Å². The Balaban J connectivity index is 2.82. The molecule has 0 aromatic carbocycles. The van der Waals surface area contributed by atoms with Gasteiger partial charge in [0.25, 0.3) is 0 Å². The van der Waals surface area contributed by atoms with Crippen LogP contribution in [0.1, 0.15) is 12.8 Å². The van der Waals surface area contributed by atoms with Crippen LogP contribution in [-0.4, -0.2) is 17.9 Å². The van der Waals surface area contributed by atoms with Crippen molar-refractivity contribution >= 4 is 0 Å². The van der Waals surface area contributed by atoms with E-state index in [1.807, 2.05) is 6.08 Å². The summed E-state index contributed by atoms with van der Waals surface area (Å²) in [5, 5.41) is 5.95. The molecule has 0 spiro atoms. The predicted molar refractivity (Wildman–Crippen MR) is 36.7 cm³/mol. The van der Waals surface area contributed by atoms with Gasteiger partial charge < -0.3 is 0 Å². The molecule has 0 unspecified atom stereocenters. The van der Waals surface area contributed by atoms with Crippen LogP contribution in [0.3, 0.4) is 0 Å². The molecule has 0 aromatic heterocycles. The first-order valence-electron chi connectivity index (χ1n) is 3.77. The zero-order valence-electron chi connectivity index (χ0n) is 7.15. The van der Waals surface area contributed by atoms with Gasteiger partial charge in [-0.15, -0.1) is 0 Å². The van der Waals surface area contributed by atoms with E-state index in [1.165, 1.54) is 0 Å². The molecule has 0 aromatic rings. The summed E-state index contributed by atoms with van der Waals surface area (Å²) in [6.45, 7) is 0. The third kappa shape index (κ3) is 3.88. The molecule has 2 nitrogen and oxygen atoms in total. The van der Waals surface area contributed by atoms with E-state index in [4.69, 9.17) is 0 Å². The second-order valence-corrected chi connectivity index (χ2v) is 3.10. The number of rotatable bonds is 2. The summed E-state index contributed by atoms with van der Waals surface area (Å²) >= 11 is 0. The summed E-state index contributed by atoms with van der Waals surface area (Å²) < 4.78 is 72.0. The fraction of sp³-hybridized carbons (Fsp3) is 0.714. The van der Waals surface area contributed by atoms with Crippen molar-refractivity contribution in [1.29, 1.82) is 0 Å². The number of azo groups is 1. The molecule has 85 valence electrons. The maximum atomic E-state index is 12.0. The van der Waals surface area contributed by atoms with Crippen LogP contribution in [0.4, 0.5) is 26.3 Å². The lowest BCUT2D eigenvalue weighted by Crippen LogP contribution is -2.35. The molecule has 0 N–H and O–H groups in total. The number of alkyl halides is 6. The van der Waals surface area contributed by atoms with E-state index in [2.05, 4.69) is 10.2 Å². The predicted octanol–water partition coefficient (Wildman–Crippen LogP) is 3.41. The van der Waals surface area contributed by atoms with Gasteiger partial charge >= 0.3 is 12.4 Å². The molecule has 0 aliphatic carbocycles. The summed E-state index contributed by atoms with van der Waals surface area (Å²) in [6.07, 6.45) is -10.3. The second-order valence-electron chi connectivity index (χ2n) is 3.10. The van der Waals surface area contributed by atoms with E-state index in [0.29, 0.717) is 0 Å². The molecule has 1 rings (SSSR count). The van der Waals surface area contributed by atoms with E-state index >= 15 is 0 Å². The number of hydrogen-bond acceptors (Lipinski definition) is 2. The Hall–Kier alpha value is -1.08. The Kier molecular flexibility index (Phi) is 2.79. The highest BCUT2D eigenvalue weighted by atomic mass is 19.4. The van der Waals surface area contributed by atoms with E-state index in [9.17, 15) is 26.3 Å². The first-order valence-corrected chi connectivity index (χ1v) is 3.77.